The molecule has 1 heterocycles. The van der Waals surface area contributed by atoms with Crippen molar-refractivity contribution >= 4 is 5.69 Å². The zero-order valence-corrected chi connectivity index (χ0v) is 7.60. The van der Waals surface area contributed by atoms with Crippen molar-refractivity contribution in [3.05, 3.63) is 41.1 Å². The standard InChI is InChI=1S/C10H8N2O2/c1-7-6-11-10(14-7)8-4-2-3-5-9(8)12-13/h2-6H,1H3. The van der Waals surface area contributed by atoms with E-state index in [1.54, 1.807) is 31.3 Å². The molecule has 0 aliphatic carbocycles. The van der Waals surface area contributed by atoms with Gasteiger partial charge in [0.1, 0.15) is 11.4 Å². The molecule has 1 aromatic heterocycles. The predicted molar refractivity (Wildman–Crippen MR) is 52.1 cm³/mol. The van der Waals surface area contributed by atoms with E-state index in [0.29, 0.717) is 22.9 Å². The first kappa shape index (κ1) is 8.62. The van der Waals surface area contributed by atoms with Crippen LogP contribution in [0.4, 0.5) is 5.69 Å². The van der Waals surface area contributed by atoms with Gasteiger partial charge in [-0.1, -0.05) is 12.1 Å². The average molecular weight is 188 g/mol. The second-order valence-electron chi connectivity index (χ2n) is 2.88. The lowest BCUT2D eigenvalue weighted by atomic mass is 10.2. The first-order valence-electron chi connectivity index (χ1n) is 4.16. The minimum atomic E-state index is 0.342. The van der Waals surface area contributed by atoms with E-state index in [-0.39, 0.29) is 0 Å². The Balaban J connectivity index is 2.55. The Morgan fingerprint density at radius 1 is 1.36 bits per heavy atom. The summed E-state index contributed by atoms with van der Waals surface area (Å²) in [4.78, 5) is 14.5. The van der Waals surface area contributed by atoms with Crippen LogP contribution in [0, 0.1) is 11.8 Å². The first-order chi connectivity index (χ1) is 6.81. The fourth-order valence-electron chi connectivity index (χ4n) is 1.21. The van der Waals surface area contributed by atoms with Gasteiger partial charge >= 0.3 is 0 Å². The monoisotopic (exact) mass is 188 g/mol. The van der Waals surface area contributed by atoms with E-state index in [1.807, 2.05) is 6.07 Å². The number of rotatable bonds is 2. The van der Waals surface area contributed by atoms with Gasteiger partial charge in [-0.15, -0.1) is 4.91 Å². The van der Waals surface area contributed by atoms with Crippen LogP contribution in [0.25, 0.3) is 11.5 Å². The van der Waals surface area contributed by atoms with Crippen molar-refractivity contribution in [3.8, 4) is 11.5 Å². The molecule has 0 aliphatic rings. The zero-order chi connectivity index (χ0) is 9.97. The molecule has 70 valence electrons. The minimum absolute atomic E-state index is 0.342. The van der Waals surface area contributed by atoms with Gasteiger partial charge in [-0.05, 0) is 24.2 Å². The van der Waals surface area contributed by atoms with Crippen LogP contribution in [-0.4, -0.2) is 4.98 Å². The van der Waals surface area contributed by atoms with Gasteiger partial charge in [0.15, 0.2) is 0 Å². The summed E-state index contributed by atoms with van der Waals surface area (Å²) in [6.07, 6.45) is 1.61. The number of hydrogen-bond acceptors (Lipinski definition) is 4. The smallest absolute Gasteiger partial charge is 0.228 e. The maximum Gasteiger partial charge on any atom is 0.228 e. The van der Waals surface area contributed by atoms with Crippen molar-refractivity contribution in [3.63, 3.8) is 0 Å². The molecular formula is C10H8N2O2. The summed E-state index contributed by atoms with van der Waals surface area (Å²) in [6.45, 7) is 1.80. The summed E-state index contributed by atoms with van der Waals surface area (Å²) in [6, 6.07) is 6.93. The molecule has 0 atom stereocenters. The van der Waals surface area contributed by atoms with Crippen LogP contribution in [0.3, 0.4) is 0 Å². The van der Waals surface area contributed by atoms with Gasteiger partial charge in [0.05, 0.1) is 11.8 Å². The third kappa shape index (κ3) is 1.42. The molecule has 1 aromatic carbocycles. The Hall–Kier alpha value is -1.97. The van der Waals surface area contributed by atoms with Gasteiger partial charge in [-0.25, -0.2) is 4.98 Å². The summed E-state index contributed by atoms with van der Waals surface area (Å²) >= 11 is 0. The Bertz CT molecular complexity index is 463. The fraction of sp³-hybridized carbons (Fsp3) is 0.100. The molecule has 4 nitrogen and oxygen atoms in total. The molecule has 0 spiro atoms. The minimum Gasteiger partial charge on any atom is -0.441 e. The molecular weight excluding hydrogens is 180 g/mol. The van der Waals surface area contributed by atoms with Gasteiger partial charge in [0.2, 0.25) is 5.89 Å². The van der Waals surface area contributed by atoms with Crippen molar-refractivity contribution < 1.29 is 4.42 Å². The third-order valence-electron chi connectivity index (χ3n) is 1.85. The molecule has 0 N–H and O–H groups in total. The summed E-state index contributed by atoms with van der Waals surface area (Å²) in [5, 5.41) is 2.91. The molecule has 0 fully saturated rings. The van der Waals surface area contributed by atoms with E-state index in [4.69, 9.17) is 4.42 Å². The first-order valence-corrected chi connectivity index (χ1v) is 4.16. The van der Waals surface area contributed by atoms with Crippen LogP contribution >= 0.6 is 0 Å². The van der Waals surface area contributed by atoms with Crippen molar-refractivity contribution in [2.45, 2.75) is 6.92 Å². The molecule has 0 radical (unpaired) electrons. The number of aromatic nitrogens is 1. The molecule has 0 amide bonds. The molecule has 2 aromatic rings. The van der Waals surface area contributed by atoms with E-state index in [1.165, 1.54) is 0 Å². The molecule has 0 bridgehead atoms. The Morgan fingerprint density at radius 3 is 2.79 bits per heavy atom. The van der Waals surface area contributed by atoms with E-state index in [2.05, 4.69) is 10.2 Å². The quantitative estimate of drug-likeness (QED) is 0.680. The molecule has 0 saturated carbocycles. The SMILES string of the molecule is Cc1cnc(-c2ccccc2N=O)o1. The number of oxazole rings is 1. The Kier molecular flexibility index (Phi) is 2.10. The van der Waals surface area contributed by atoms with E-state index < -0.39 is 0 Å². The largest absolute Gasteiger partial charge is 0.441 e. The molecule has 4 heteroatoms. The van der Waals surface area contributed by atoms with E-state index in [0.717, 1.165) is 0 Å². The summed E-state index contributed by atoms with van der Waals surface area (Å²) in [5.74, 6) is 1.14. The summed E-state index contributed by atoms with van der Waals surface area (Å²) in [5.41, 5.74) is 0.963. The van der Waals surface area contributed by atoms with Gasteiger partial charge in [0, 0.05) is 0 Å². The second kappa shape index (κ2) is 3.41. The van der Waals surface area contributed by atoms with Crippen LogP contribution in [0.2, 0.25) is 0 Å². The van der Waals surface area contributed by atoms with Gasteiger partial charge in [-0.3, -0.25) is 0 Å². The lowest BCUT2D eigenvalue weighted by Crippen LogP contribution is -1.76. The number of nitrogens with zero attached hydrogens (tertiary/aromatic N) is 2. The molecule has 0 unspecified atom stereocenters. The lowest BCUT2D eigenvalue weighted by molar-refractivity contribution is 0.542. The number of nitroso groups, excluding NO2 is 1. The van der Waals surface area contributed by atoms with Crippen LogP contribution in [0.5, 0.6) is 0 Å². The van der Waals surface area contributed by atoms with Gasteiger partial charge in [0.25, 0.3) is 0 Å². The van der Waals surface area contributed by atoms with Crippen LogP contribution in [0.15, 0.2) is 40.1 Å². The summed E-state index contributed by atoms with van der Waals surface area (Å²) < 4.78 is 5.30. The normalized spacial score (nSPS) is 10.1. The number of aryl methyl sites for hydroxylation is 1. The van der Waals surface area contributed by atoms with E-state index in [9.17, 15) is 4.91 Å². The Labute approximate surface area is 80.6 Å². The second-order valence-corrected chi connectivity index (χ2v) is 2.88. The predicted octanol–water partition coefficient (Wildman–Crippen LogP) is 3.05. The molecule has 0 aliphatic heterocycles. The van der Waals surface area contributed by atoms with Crippen molar-refractivity contribution in [1.82, 2.24) is 4.98 Å². The molecule has 0 saturated heterocycles. The van der Waals surface area contributed by atoms with Crippen LogP contribution < -0.4 is 0 Å². The van der Waals surface area contributed by atoms with Gasteiger partial charge < -0.3 is 4.42 Å². The topological polar surface area (TPSA) is 55.5 Å². The average Bonchev–Trinajstić information content (AvgIpc) is 2.65. The maximum absolute atomic E-state index is 10.5. The van der Waals surface area contributed by atoms with Crippen LogP contribution in [0.1, 0.15) is 5.76 Å². The highest BCUT2D eigenvalue weighted by Crippen LogP contribution is 2.28. The zero-order valence-electron chi connectivity index (χ0n) is 7.60. The molecule has 2 rings (SSSR count). The fourth-order valence-corrected chi connectivity index (χ4v) is 1.21. The highest BCUT2D eigenvalue weighted by molar-refractivity contribution is 5.69. The maximum atomic E-state index is 10.5. The molecule has 14 heavy (non-hydrogen) atoms. The van der Waals surface area contributed by atoms with Crippen LogP contribution in [-0.2, 0) is 0 Å². The lowest BCUT2D eigenvalue weighted by Gasteiger charge is -1.96. The highest BCUT2D eigenvalue weighted by atomic mass is 16.4. The van der Waals surface area contributed by atoms with E-state index >= 15 is 0 Å². The Morgan fingerprint density at radius 2 is 2.14 bits per heavy atom. The number of benzene rings is 1. The van der Waals surface area contributed by atoms with Crippen molar-refractivity contribution in [1.29, 1.82) is 0 Å². The highest BCUT2D eigenvalue weighted by Gasteiger charge is 2.09. The number of hydrogen-bond donors (Lipinski definition) is 0. The van der Waals surface area contributed by atoms with Crippen molar-refractivity contribution in [2.24, 2.45) is 5.18 Å². The van der Waals surface area contributed by atoms with Crippen molar-refractivity contribution in [2.75, 3.05) is 0 Å². The van der Waals surface area contributed by atoms with Gasteiger partial charge in [-0.2, -0.15) is 0 Å². The third-order valence-corrected chi connectivity index (χ3v) is 1.85. The summed E-state index contributed by atoms with van der Waals surface area (Å²) in [7, 11) is 0.